The average Bonchev–Trinajstić information content (AvgIpc) is 3.18. The Morgan fingerprint density at radius 2 is 0.438 bits per heavy atom. The van der Waals surface area contributed by atoms with Gasteiger partial charge in [0.2, 0.25) is 0 Å². The second-order valence-electron chi connectivity index (χ2n) is 20.7. The van der Waals surface area contributed by atoms with Gasteiger partial charge in [0.05, 0.1) is 0 Å². The summed E-state index contributed by atoms with van der Waals surface area (Å²) in [5, 5.41) is 0. The predicted octanol–water partition coefficient (Wildman–Crippen LogP) is 19.4. The summed E-state index contributed by atoms with van der Waals surface area (Å²) in [6.07, 6.45) is 2.19. The Bertz CT molecular complexity index is 2300. The first-order valence-electron chi connectivity index (χ1n) is 24.6. The second-order valence-corrected chi connectivity index (χ2v) is 20.7. The Labute approximate surface area is 393 Å². The van der Waals surface area contributed by atoms with Crippen LogP contribution in [0.2, 0.25) is 0 Å². The highest BCUT2D eigenvalue weighted by molar-refractivity contribution is 5.81. The van der Waals surface area contributed by atoms with Gasteiger partial charge in [-0.15, -0.1) is 0 Å². The number of hydrogen-bond donors (Lipinski definition) is 0. The third kappa shape index (κ3) is 12.0. The molecule has 0 aliphatic carbocycles. The fourth-order valence-corrected chi connectivity index (χ4v) is 10.6. The van der Waals surface area contributed by atoms with E-state index in [9.17, 15) is 0 Å². The quantitative estimate of drug-likeness (QED) is 0.136. The average molecular weight is 855 g/mol. The normalized spacial score (nSPS) is 11.3. The molecule has 0 aliphatic rings. The van der Waals surface area contributed by atoms with Gasteiger partial charge in [0, 0.05) is 0 Å². The highest BCUT2D eigenvalue weighted by atomic mass is 14.3. The third-order valence-electron chi connectivity index (χ3n) is 13.2. The third-order valence-corrected chi connectivity index (χ3v) is 13.2. The van der Waals surface area contributed by atoms with Crippen molar-refractivity contribution in [2.45, 2.75) is 189 Å². The van der Waals surface area contributed by atoms with Crippen LogP contribution in [-0.4, -0.2) is 0 Å². The van der Waals surface area contributed by atoms with Crippen LogP contribution in [0.15, 0.2) is 72.8 Å². The van der Waals surface area contributed by atoms with Gasteiger partial charge in [-0.05, 0) is 220 Å². The van der Waals surface area contributed by atoms with Gasteiger partial charge < -0.3 is 0 Å². The topological polar surface area (TPSA) is 0 Å². The summed E-state index contributed by atoms with van der Waals surface area (Å²) in [4.78, 5) is 0. The number of aryl methyl sites for hydroxylation is 14. The molecule has 6 rings (SSSR count). The summed E-state index contributed by atoms with van der Waals surface area (Å²) in [7, 11) is 0. The van der Waals surface area contributed by atoms with Crippen LogP contribution < -0.4 is 0 Å². The molecule has 342 valence electrons. The zero-order valence-electron chi connectivity index (χ0n) is 44.7. The van der Waals surface area contributed by atoms with Crippen LogP contribution in [0.3, 0.4) is 0 Å². The van der Waals surface area contributed by atoms with Gasteiger partial charge in [-0.3, -0.25) is 0 Å². The van der Waals surface area contributed by atoms with E-state index in [0.29, 0.717) is 23.7 Å². The Hall–Kier alpha value is -4.68. The van der Waals surface area contributed by atoms with Gasteiger partial charge >= 0.3 is 0 Å². The van der Waals surface area contributed by atoms with Gasteiger partial charge in [0.25, 0.3) is 0 Å². The first-order chi connectivity index (χ1) is 29.9. The van der Waals surface area contributed by atoms with E-state index in [1.807, 2.05) is 0 Å². The fraction of sp³-hybridized carbons (Fsp3) is 0.438. The first kappa shape index (κ1) is 51.9. The largest absolute Gasteiger partial charge is 0.0613 e. The zero-order chi connectivity index (χ0) is 48.1. The zero-order valence-corrected chi connectivity index (χ0v) is 44.7. The summed E-state index contributed by atoms with van der Waals surface area (Å²) >= 11 is 0. The molecule has 0 heterocycles. The molecule has 6 aromatic carbocycles. The summed E-state index contributed by atoms with van der Waals surface area (Å²) in [6, 6.07) is 28.1. The Morgan fingerprint density at radius 3 is 0.641 bits per heavy atom. The molecular formula is C64H86. The lowest BCUT2D eigenvalue weighted by atomic mass is 9.76. The second kappa shape index (κ2) is 22.0. The van der Waals surface area contributed by atoms with Gasteiger partial charge in [-0.2, -0.15) is 0 Å². The van der Waals surface area contributed by atoms with Gasteiger partial charge in [-0.25, -0.2) is 0 Å². The highest BCUT2D eigenvalue weighted by Crippen LogP contribution is 2.45. The molecule has 6 aromatic rings. The minimum atomic E-state index is 0.517. The van der Waals surface area contributed by atoms with Crippen LogP contribution in [0, 0.1) is 83.1 Å². The van der Waals surface area contributed by atoms with Crippen molar-refractivity contribution in [3.63, 3.8) is 0 Å². The van der Waals surface area contributed by atoms with E-state index in [0.717, 1.165) is 12.8 Å². The minimum absolute atomic E-state index is 0.517. The molecule has 0 radical (unpaired) electrons. The maximum Gasteiger partial charge on any atom is -0.0109 e. The van der Waals surface area contributed by atoms with E-state index in [-0.39, 0.29) is 0 Å². The van der Waals surface area contributed by atoms with E-state index in [1.165, 1.54) is 134 Å². The lowest BCUT2D eigenvalue weighted by Crippen LogP contribution is -2.08. The molecule has 0 amide bonds. The molecule has 0 unspecified atom stereocenters. The minimum Gasteiger partial charge on any atom is -0.0613 e. The number of benzene rings is 6. The molecule has 0 saturated heterocycles. The van der Waals surface area contributed by atoms with Gasteiger partial charge in [-0.1, -0.05) is 175 Å². The molecule has 0 fully saturated rings. The molecular weight excluding hydrogens is 769 g/mol. The summed E-state index contributed by atoms with van der Waals surface area (Å²) in [5.41, 5.74) is 34.2. The van der Waals surface area contributed by atoms with Gasteiger partial charge in [0.1, 0.15) is 0 Å². The standard InChI is InChI=1S/C26H38.C20H26.C18H22/c1-15(2)21-11-19(9)12-22(16(3)4)25(21)26-23(17(5)6)13-20(10)14-24(26)18(7)8;1-7-17-11-14(4)12-18(8-2)20(17)19-15(5)9-13(3)10-16(19)6;1-11-7-13(3)17(14(4)8-11)18-15(5)9-12(2)10-16(18)6/h11-18H,1-10H3;9-12H,7-8H2,1-6H3;7-10H,1-6H3. The van der Waals surface area contributed by atoms with Crippen LogP contribution in [-0.2, 0) is 12.8 Å². The summed E-state index contributed by atoms with van der Waals surface area (Å²) in [6.45, 7) is 49.7. The molecule has 0 aliphatic heterocycles. The van der Waals surface area contributed by atoms with Crippen molar-refractivity contribution in [1.82, 2.24) is 0 Å². The van der Waals surface area contributed by atoms with Crippen LogP contribution in [0.25, 0.3) is 33.4 Å². The Kier molecular flexibility index (Phi) is 17.9. The molecule has 0 saturated carbocycles. The molecule has 0 bridgehead atoms. The van der Waals surface area contributed by atoms with Crippen LogP contribution >= 0.6 is 0 Å². The van der Waals surface area contributed by atoms with Crippen LogP contribution in [0.5, 0.6) is 0 Å². The van der Waals surface area contributed by atoms with Crippen LogP contribution in [0.4, 0.5) is 0 Å². The summed E-state index contributed by atoms with van der Waals surface area (Å²) in [5.74, 6) is 2.07. The number of rotatable bonds is 9. The molecule has 0 spiro atoms. The van der Waals surface area contributed by atoms with E-state index in [4.69, 9.17) is 0 Å². The van der Waals surface area contributed by atoms with Crippen molar-refractivity contribution in [3.8, 4) is 33.4 Å². The van der Waals surface area contributed by atoms with E-state index in [1.54, 1.807) is 0 Å². The van der Waals surface area contributed by atoms with Crippen molar-refractivity contribution in [2.75, 3.05) is 0 Å². The van der Waals surface area contributed by atoms with E-state index in [2.05, 4.69) is 225 Å². The molecule has 0 N–H and O–H groups in total. The SMILES string of the molecule is CCc1cc(C)cc(CC)c1-c1c(C)cc(C)cc1C.Cc1cc(C(C)C)c(-c2c(C(C)C)cc(C)cc2C(C)C)c(C(C)C)c1.Cc1cc(C)c(-c2c(C)cc(C)cc2C)c(C)c1. The molecule has 0 nitrogen and oxygen atoms in total. The Balaban J connectivity index is 0.000000215. The molecule has 0 heteroatoms. The van der Waals surface area contributed by atoms with Crippen molar-refractivity contribution in [1.29, 1.82) is 0 Å². The summed E-state index contributed by atoms with van der Waals surface area (Å²) < 4.78 is 0. The van der Waals surface area contributed by atoms with Crippen molar-refractivity contribution < 1.29 is 0 Å². The molecule has 0 aromatic heterocycles. The molecule has 0 atom stereocenters. The fourth-order valence-electron chi connectivity index (χ4n) is 10.6. The maximum absolute atomic E-state index is 2.42. The van der Waals surface area contributed by atoms with Crippen molar-refractivity contribution in [2.24, 2.45) is 0 Å². The van der Waals surface area contributed by atoms with Crippen molar-refractivity contribution in [3.05, 3.63) is 173 Å². The van der Waals surface area contributed by atoms with E-state index >= 15 is 0 Å². The monoisotopic (exact) mass is 855 g/mol. The van der Waals surface area contributed by atoms with Gasteiger partial charge in [0.15, 0.2) is 0 Å². The predicted molar refractivity (Wildman–Crippen MR) is 288 cm³/mol. The van der Waals surface area contributed by atoms with Crippen LogP contribution in [0.1, 0.15) is 193 Å². The first-order valence-corrected chi connectivity index (χ1v) is 24.6. The lowest BCUT2D eigenvalue weighted by molar-refractivity contribution is 0.814. The highest BCUT2D eigenvalue weighted by Gasteiger charge is 2.24. The Morgan fingerprint density at radius 1 is 0.250 bits per heavy atom. The lowest BCUT2D eigenvalue weighted by Gasteiger charge is -2.28. The smallest absolute Gasteiger partial charge is 0.0109 e. The molecule has 64 heavy (non-hydrogen) atoms. The maximum atomic E-state index is 2.42. The van der Waals surface area contributed by atoms with E-state index < -0.39 is 0 Å². The number of hydrogen-bond acceptors (Lipinski definition) is 0. The van der Waals surface area contributed by atoms with Crippen molar-refractivity contribution >= 4 is 0 Å².